The molecule has 1 aliphatic rings. The van der Waals surface area contributed by atoms with Gasteiger partial charge in [-0.25, -0.2) is 0 Å². The molecule has 0 aliphatic carbocycles. The Morgan fingerprint density at radius 3 is 3.00 bits per heavy atom. The molecular weight excluding hydrogens is 194 g/mol. The predicted octanol–water partition coefficient (Wildman–Crippen LogP) is 2.68. The van der Waals surface area contributed by atoms with Gasteiger partial charge in [-0.3, -0.25) is 4.79 Å². The molecule has 2 nitrogen and oxygen atoms in total. The van der Waals surface area contributed by atoms with Crippen molar-refractivity contribution in [2.45, 2.75) is 30.4 Å². The number of carbonyl (C=O) groups excluding carboxylic acids is 1. The smallest absolute Gasteiger partial charge is 0.237 e. The first kappa shape index (κ1) is 9.59. The van der Waals surface area contributed by atoms with Crippen molar-refractivity contribution in [3.63, 3.8) is 0 Å². The van der Waals surface area contributed by atoms with Crippen molar-refractivity contribution in [1.29, 1.82) is 0 Å². The monoisotopic (exact) mass is 207 g/mol. The summed E-state index contributed by atoms with van der Waals surface area (Å²) in [6.07, 6.45) is 1.04. The average Bonchev–Trinajstić information content (AvgIpc) is 2.19. The maximum atomic E-state index is 11.4. The van der Waals surface area contributed by atoms with Crippen molar-refractivity contribution in [2.24, 2.45) is 0 Å². The molecule has 14 heavy (non-hydrogen) atoms. The van der Waals surface area contributed by atoms with Gasteiger partial charge < -0.3 is 5.32 Å². The number of benzene rings is 1. The van der Waals surface area contributed by atoms with Crippen molar-refractivity contribution in [2.75, 3.05) is 5.32 Å². The normalized spacial score (nSPS) is 20.1. The van der Waals surface area contributed by atoms with E-state index < -0.39 is 0 Å². The molecule has 3 heteroatoms. The van der Waals surface area contributed by atoms with E-state index in [9.17, 15) is 4.79 Å². The van der Waals surface area contributed by atoms with Crippen LogP contribution in [0, 0.1) is 0 Å². The van der Waals surface area contributed by atoms with Gasteiger partial charge in [0, 0.05) is 4.90 Å². The fraction of sp³-hybridized carbons (Fsp3) is 0.364. The Morgan fingerprint density at radius 1 is 1.50 bits per heavy atom. The van der Waals surface area contributed by atoms with Crippen molar-refractivity contribution in [1.82, 2.24) is 0 Å². The number of thioether (sulfide) groups is 1. The van der Waals surface area contributed by atoms with Crippen molar-refractivity contribution in [3.05, 3.63) is 23.8 Å². The highest BCUT2D eigenvalue weighted by atomic mass is 32.2. The van der Waals surface area contributed by atoms with Gasteiger partial charge in [-0.05, 0) is 31.0 Å². The molecule has 1 aromatic carbocycles. The molecule has 1 aromatic rings. The third kappa shape index (κ3) is 1.64. The van der Waals surface area contributed by atoms with Gasteiger partial charge in [0.25, 0.3) is 0 Å². The molecule has 0 fully saturated rings. The number of aryl methyl sites for hydroxylation is 1. The summed E-state index contributed by atoms with van der Waals surface area (Å²) in [5.74, 6) is 0.103. The number of rotatable bonds is 1. The number of carbonyl (C=O) groups is 1. The van der Waals surface area contributed by atoms with E-state index >= 15 is 0 Å². The van der Waals surface area contributed by atoms with Crippen LogP contribution in [0.1, 0.15) is 19.4 Å². The molecule has 0 saturated heterocycles. The van der Waals surface area contributed by atoms with Crippen molar-refractivity contribution >= 4 is 23.4 Å². The molecule has 1 heterocycles. The molecule has 74 valence electrons. The van der Waals surface area contributed by atoms with Gasteiger partial charge in [-0.1, -0.05) is 13.0 Å². The Kier molecular flexibility index (Phi) is 2.50. The minimum atomic E-state index is 0.0228. The lowest BCUT2D eigenvalue weighted by Gasteiger charge is -2.21. The zero-order chi connectivity index (χ0) is 10.1. The minimum absolute atomic E-state index is 0.0228. The number of hydrogen-bond acceptors (Lipinski definition) is 2. The van der Waals surface area contributed by atoms with E-state index in [1.54, 1.807) is 11.8 Å². The summed E-state index contributed by atoms with van der Waals surface area (Å²) < 4.78 is 0. The van der Waals surface area contributed by atoms with E-state index in [-0.39, 0.29) is 11.2 Å². The Labute approximate surface area is 88.1 Å². The van der Waals surface area contributed by atoms with E-state index in [2.05, 4.69) is 24.4 Å². The quantitative estimate of drug-likeness (QED) is 0.767. The topological polar surface area (TPSA) is 29.1 Å². The predicted molar refractivity (Wildman–Crippen MR) is 59.8 cm³/mol. The highest BCUT2D eigenvalue weighted by molar-refractivity contribution is 8.00. The Balaban J connectivity index is 2.37. The number of anilines is 1. The van der Waals surface area contributed by atoms with Crippen molar-refractivity contribution in [3.8, 4) is 0 Å². The highest BCUT2D eigenvalue weighted by Crippen LogP contribution is 2.35. The van der Waals surface area contributed by atoms with Crippen LogP contribution in [0.3, 0.4) is 0 Å². The van der Waals surface area contributed by atoms with Crippen LogP contribution < -0.4 is 5.32 Å². The average molecular weight is 207 g/mol. The molecule has 0 aromatic heterocycles. The first-order valence-electron chi connectivity index (χ1n) is 4.81. The van der Waals surface area contributed by atoms with Crippen LogP contribution in [0.2, 0.25) is 0 Å². The second kappa shape index (κ2) is 3.65. The van der Waals surface area contributed by atoms with Crippen LogP contribution in [0.15, 0.2) is 23.1 Å². The van der Waals surface area contributed by atoms with Crippen LogP contribution in [0.5, 0.6) is 0 Å². The van der Waals surface area contributed by atoms with E-state index in [1.165, 1.54) is 10.5 Å². The van der Waals surface area contributed by atoms with E-state index in [4.69, 9.17) is 0 Å². The number of amides is 1. The zero-order valence-corrected chi connectivity index (χ0v) is 9.15. The van der Waals surface area contributed by atoms with Gasteiger partial charge in [-0.2, -0.15) is 0 Å². The fourth-order valence-corrected chi connectivity index (χ4v) is 2.48. The van der Waals surface area contributed by atoms with E-state index in [1.807, 2.05) is 13.0 Å². The van der Waals surface area contributed by atoms with Crippen molar-refractivity contribution < 1.29 is 4.79 Å². The second-order valence-electron chi connectivity index (χ2n) is 3.43. The van der Waals surface area contributed by atoms with Crippen LogP contribution in [-0.2, 0) is 11.2 Å². The largest absolute Gasteiger partial charge is 0.324 e. The second-order valence-corrected chi connectivity index (χ2v) is 4.82. The van der Waals surface area contributed by atoms with Gasteiger partial charge in [-0.15, -0.1) is 11.8 Å². The fourth-order valence-electron chi connectivity index (χ4n) is 1.47. The molecule has 1 atom stereocenters. The molecule has 2 rings (SSSR count). The molecule has 0 radical (unpaired) electrons. The summed E-state index contributed by atoms with van der Waals surface area (Å²) in [5.41, 5.74) is 2.27. The molecule has 0 spiro atoms. The van der Waals surface area contributed by atoms with Gasteiger partial charge in [0.2, 0.25) is 5.91 Å². The Morgan fingerprint density at radius 2 is 2.29 bits per heavy atom. The first-order valence-corrected chi connectivity index (χ1v) is 5.69. The summed E-state index contributed by atoms with van der Waals surface area (Å²) in [6, 6.07) is 6.22. The molecule has 1 aliphatic heterocycles. The number of hydrogen-bond donors (Lipinski definition) is 1. The lowest BCUT2D eigenvalue weighted by molar-refractivity contribution is -0.115. The summed E-state index contributed by atoms with van der Waals surface area (Å²) in [5, 5.41) is 2.92. The summed E-state index contributed by atoms with van der Waals surface area (Å²) in [7, 11) is 0. The standard InChI is InChI=1S/C11H13NOS/c1-3-8-4-5-9-10(6-8)14-7(2)11(13)12-9/h4-7H,3H2,1-2H3,(H,12,13). The number of nitrogens with one attached hydrogen (secondary N) is 1. The van der Waals surface area contributed by atoms with Gasteiger partial charge in [0.05, 0.1) is 10.9 Å². The lowest BCUT2D eigenvalue weighted by atomic mass is 10.1. The molecular formula is C11H13NOS. The van der Waals surface area contributed by atoms with Gasteiger partial charge in [0.15, 0.2) is 0 Å². The summed E-state index contributed by atoms with van der Waals surface area (Å²) in [6.45, 7) is 4.07. The maximum Gasteiger partial charge on any atom is 0.237 e. The first-order chi connectivity index (χ1) is 6.70. The summed E-state index contributed by atoms with van der Waals surface area (Å²) in [4.78, 5) is 12.6. The minimum Gasteiger partial charge on any atom is -0.324 e. The Bertz CT molecular complexity index is 376. The number of fused-ring (bicyclic) bond motifs is 1. The summed E-state index contributed by atoms with van der Waals surface area (Å²) >= 11 is 1.64. The van der Waals surface area contributed by atoms with E-state index in [0.717, 1.165) is 12.1 Å². The van der Waals surface area contributed by atoms with Crippen LogP contribution in [-0.4, -0.2) is 11.2 Å². The van der Waals surface area contributed by atoms with Gasteiger partial charge >= 0.3 is 0 Å². The van der Waals surface area contributed by atoms with Crippen LogP contribution in [0.4, 0.5) is 5.69 Å². The molecule has 1 N–H and O–H groups in total. The zero-order valence-electron chi connectivity index (χ0n) is 8.33. The third-order valence-corrected chi connectivity index (χ3v) is 3.54. The molecule has 0 bridgehead atoms. The van der Waals surface area contributed by atoms with Gasteiger partial charge in [0.1, 0.15) is 0 Å². The SMILES string of the molecule is CCc1ccc2c(c1)SC(C)C(=O)N2. The molecule has 0 saturated carbocycles. The van der Waals surface area contributed by atoms with E-state index in [0.29, 0.717) is 0 Å². The maximum absolute atomic E-state index is 11.4. The highest BCUT2D eigenvalue weighted by Gasteiger charge is 2.22. The molecule has 1 unspecified atom stereocenters. The third-order valence-electron chi connectivity index (χ3n) is 2.39. The van der Waals surface area contributed by atoms with Crippen LogP contribution >= 0.6 is 11.8 Å². The lowest BCUT2D eigenvalue weighted by Crippen LogP contribution is -2.26. The van der Waals surface area contributed by atoms with Crippen LogP contribution in [0.25, 0.3) is 0 Å². The Hall–Kier alpha value is -0.960. The molecule has 1 amide bonds.